The van der Waals surface area contributed by atoms with Crippen LogP contribution in [0.15, 0.2) is 33.8 Å². The molecule has 158 valence electrons. The first-order chi connectivity index (χ1) is 14.0. The average Bonchev–Trinajstić information content (AvgIpc) is 3.05. The maximum Gasteiger partial charge on any atom is 0.194 e. The maximum atomic E-state index is 5.99. The molecule has 29 heavy (non-hydrogen) atoms. The third-order valence-electron chi connectivity index (χ3n) is 5.42. The van der Waals surface area contributed by atoms with E-state index in [2.05, 4.69) is 46.3 Å². The molecule has 0 aliphatic carbocycles. The fraction of sp³-hybridized carbons (Fsp3) is 0.545. The number of halogens is 1. The van der Waals surface area contributed by atoms with Gasteiger partial charge in [0, 0.05) is 62.3 Å². The molecule has 3 rings (SSSR count). The molecule has 1 aliphatic rings. The van der Waals surface area contributed by atoms with Gasteiger partial charge < -0.3 is 14.7 Å². The third-order valence-corrected chi connectivity index (χ3v) is 5.67. The van der Waals surface area contributed by atoms with Gasteiger partial charge >= 0.3 is 0 Å². The van der Waals surface area contributed by atoms with Crippen molar-refractivity contribution in [2.24, 2.45) is 4.99 Å². The molecule has 0 spiro atoms. The number of rotatable bonds is 6. The van der Waals surface area contributed by atoms with Crippen LogP contribution in [0.5, 0.6) is 0 Å². The van der Waals surface area contributed by atoms with Crippen LogP contribution in [0.2, 0.25) is 5.02 Å². The number of hydrogen-bond donors (Lipinski definition) is 1. The summed E-state index contributed by atoms with van der Waals surface area (Å²) in [7, 11) is 0. The molecule has 2 heterocycles. The van der Waals surface area contributed by atoms with Crippen LogP contribution in [0.1, 0.15) is 42.3 Å². The van der Waals surface area contributed by atoms with Gasteiger partial charge in [-0.15, -0.1) is 0 Å². The maximum absolute atomic E-state index is 5.99. The second-order valence-corrected chi connectivity index (χ2v) is 8.16. The molecule has 0 bridgehead atoms. The van der Waals surface area contributed by atoms with Gasteiger partial charge in [0.1, 0.15) is 5.76 Å². The van der Waals surface area contributed by atoms with Crippen LogP contribution in [0, 0.1) is 13.8 Å². The minimum absolute atomic E-state index is 0.279. The number of guanidine groups is 1. The van der Waals surface area contributed by atoms with Crippen LogP contribution in [0.25, 0.3) is 0 Å². The summed E-state index contributed by atoms with van der Waals surface area (Å²) in [6, 6.07) is 8.14. The van der Waals surface area contributed by atoms with E-state index in [0.29, 0.717) is 0 Å². The topological polar surface area (TPSA) is 56.9 Å². The number of aromatic nitrogens is 1. The second-order valence-electron chi connectivity index (χ2n) is 7.72. The third kappa shape index (κ3) is 5.73. The molecule has 1 aliphatic heterocycles. The van der Waals surface area contributed by atoms with Crippen molar-refractivity contribution in [1.82, 2.24) is 20.3 Å². The van der Waals surface area contributed by atoms with Crippen molar-refractivity contribution < 1.29 is 4.52 Å². The predicted octanol–water partition coefficient (Wildman–Crippen LogP) is 3.83. The molecule has 1 fully saturated rings. The van der Waals surface area contributed by atoms with Crippen LogP contribution in [0.3, 0.4) is 0 Å². The second kappa shape index (κ2) is 10.1. The Hall–Kier alpha value is -2.05. The monoisotopic (exact) mass is 417 g/mol. The summed E-state index contributed by atoms with van der Waals surface area (Å²) >= 11 is 5.99. The van der Waals surface area contributed by atoms with Crippen molar-refractivity contribution in [3.05, 3.63) is 51.9 Å². The number of aliphatic imine (C=N–C) groups is 1. The zero-order valence-corrected chi connectivity index (χ0v) is 18.7. The first-order valence-corrected chi connectivity index (χ1v) is 10.8. The lowest BCUT2D eigenvalue weighted by Gasteiger charge is -2.36. The summed E-state index contributed by atoms with van der Waals surface area (Å²) in [5, 5.41) is 8.32. The van der Waals surface area contributed by atoms with Gasteiger partial charge in [0.05, 0.1) is 5.69 Å². The molecule has 1 aromatic heterocycles. The molecule has 7 heteroatoms. The molecule has 1 unspecified atom stereocenters. The highest BCUT2D eigenvalue weighted by atomic mass is 35.5. The predicted molar refractivity (Wildman–Crippen MR) is 119 cm³/mol. The van der Waals surface area contributed by atoms with Crippen LogP contribution in [-0.4, -0.2) is 60.2 Å². The molecule has 1 aromatic carbocycles. The lowest BCUT2D eigenvalue weighted by molar-refractivity contribution is 0.172. The fourth-order valence-corrected chi connectivity index (χ4v) is 4.03. The van der Waals surface area contributed by atoms with E-state index in [1.54, 1.807) is 0 Å². The normalized spacial score (nSPS) is 16.9. The lowest BCUT2D eigenvalue weighted by Crippen LogP contribution is -2.52. The van der Waals surface area contributed by atoms with Crippen molar-refractivity contribution in [3.63, 3.8) is 0 Å². The molecular weight excluding hydrogens is 386 g/mol. The van der Waals surface area contributed by atoms with E-state index in [-0.39, 0.29) is 5.92 Å². The summed E-state index contributed by atoms with van der Waals surface area (Å²) in [4.78, 5) is 9.77. The molecule has 6 nitrogen and oxygen atoms in total. The van der Waals surface area contributed by atoms with E-state index in [0.717, 1.165) is 68.2 Å². The number of nitrogens with zero attached hydrogens (tertiary/aromatic N) is 4. The first-order valence-electron chi connectivity index (χ1n) is 10.4. The minimum atomic E-state index is 0.279. The summed E-state index contributed by atoms with van der Waals surface area (Å²) in [6.07, 6.45) is 0. The highest BCUT2D eigenvalue weighted by molar-refractivity contribution is 6.30. The quantitative estimate of drug-likeness (QED) is 0.571. The molecule has 1 saturated heterocycles. The first kappa shape index (κ1) is 21.7. The SMILES string of the molecule is CCNC(=NCC(C)c1c(C)noc1C)N1CCN(Cc2ccc(Cl)cc2)CC1. The van der Waals surface area contributed by atoms with Gasteiger partial charge in [0.2, 0.25) is 0 Å². The Morgan fingerprint density at radius 3 is 2.48 bits per heavy atom. The molecular formula is C22H32ClN5O. The Morgan fingerprint density at radius 1 is 1.21 bits per heavy atom. The van der Waals surface area contributed by atoms with Gasteiger partial charge in [-0.05, 0) is 38.5 Å². The van der Waals surface area contributed by atoms with Gasteiger partial charge in [-0.2, -0.15) is 0 Å². The van der Waals surface area contributed by atoms with Crippen LogP contribution in [0.4, 0.5) is 0 Å². The highest BCUT2D eigenvalue weighted by Gasteiger charge is 2.21. The fourth-order valence-electron chi connectivity index (χ4n) is 3.90. The van der Waals surface area contributed by atoms with E-state index in [1.165, 1.54) is 11.1 Å². The van der Waals surface area contributed by atoms with E-state index >= 15 is 0 Å². The molecule has 0 radical (unpaired) electrons. The standard InChI is InChI=1S/C22H32ClN5O/c1-5-24-22(25-14-16(2)21-17(3)26-29-18(21)4)28-12-10-27(11-13-28)15-19-6-8-20(23)9-7-19/h6-9,16H,5,10-15H2,1-4H3,(H,24,25). The Kier molecular flexibility index (Phi) is 7.56. The van der Waals surface area contributed by atoms with Crippen molar-refractivity contribution in [2.45, 2.75) is 40.2 Å². The highest BCUT2D eigenvalue weighted by Crippen LogP contribution is 2.23. The van der Waals surface area contributed by atoms with E-state index in [4.69, 9.17) is 21.1 Å². The lowest BCUT2D eigenvalue weighted by atomic mass is 10.00. The van der Waals surface area contributed by atoms with Crippen LogP contribution < -0.4 is 5.32 Å². The Morgan fingerprint density at radius 2 is 1.90 bits per heavy atom. The van der Waals surface area contributed by atoms with Crippen molar-refractivity contribution >= 4 is 17.6 Å². The van der Waals surface area contributed by atoms with Gasteiger partial charge in [-0.25, -0.2) is 0 Å². The van der Waals surface area contributed by atoms with Gasteiger partial charge in [-0.1, -0.05) is 35.8 Å². The van der Waals surface area contributed by atoms with E-state index in [9.17, 15) is 0 Å². The molecule has 1 atom stereocenters. The Bertz CT molecular complexity index is 790. The Labute approximate surface area is 178 Å². The summed E-state index contributed by atoms with van der Waals surface area (Å²) < 4.78 is 5.32. The number of piperazine rings is 1. The largest absolute Gasteiger partial charge is 0.361 e. The number of aryl methyl sites for hydroxylation is 2. The van der Waals surface area contributed by atoms with Gasteiger partial charge in [0.15, 0.2) is 5.96 Å². The minimum Gasteiger partial charge on any atom is -0.361 e. The zero-order valence-electron chi connectivity index (χ0n) is 17.9. The molecule has 0 saturated carbocycles. The molecule has 0 amide bonds. The Balaban J connectivity index is 1.57. The van der Waals surface area contributed by atoms with Crippen molar-refractivity contribution in [1.29, 1.82) is 0 Å². The smallest absolute Gasteiger partial charge is 0.194 e. The zero-order chi connectivity index (χ0) is 20.8. The van der Waals surface area contributed by atoms with Crippen molar-refractivity contribution in [3.8, 4) is 0 Å². The van der Waals surface area contributed by atoms with Crippen LogP contribution in [-0.2, 0) is 6.54 Å². The average molecular weight is 418 g/mol. The van der Waals surface area contributed by atoms with Gasteiger partial charge in [0.25, 0.3) is 0 Å². The number of hydrogen-bond acceptors (Lipinski definition) is 4. The number of benzene rings is 1. The van der Waals surface area contributed by atoms with E-state index < -0.39 is 0 Å². The molecule has 1 N–H and O–H groups in total. The van der Waals surface area contributed by atoms with Crippen LogP contribution >= 0.6 is 11.6 Å². The number of nitrogens with one attached hydrogen (secondary N) is 1. The van der Waals surface area contributed by atoms with E-state index in [1.807, 2.05) is 26.0 Å². The van der Waals surface area contributed by atoms with Crippen molar-refractivity contribution in [2.75, 3.05) is 39.3 Å². The molecule has 2 aromatic rings. The summed E-state index contributed by atoms with van der Waals surface area (Å²) in [6.45, 7) is 14.8. The summed E-state index contributed by atoms with van der Waals surface area (Å²) in [5.41, 5.74) is 3.44. The summed E-state index contributed by atoms with van der Waals surface area (Å²) in [5.74, 6) is 2.17. The van der Waals surface area contributed by atoms with Gasteiger partial charge in [-0.3, -0.25) is 9.89 Å².